The van der Waals surface area contributed by atoms with Gasteiger partial charge < -0.3 is 5.32 Å². The molecule has 2 aromatic rings. The molecule has 0 aliphatic heterocycles. The van der Waals surface area contributed by atoms with Crippen LogP contribution in [-0.4, -0.2) is 11.2 Å². The van der Waals surface area contributed by atoms with Gasteiger partial charge in [-0.05, 0) is 30.7 Å². The highest BCUT2D eigenvalue weighted by molar-refractivity contribution is 7.99. The summed E-state index contributed by atoms with van der Waals surface area (Å²) in [4.78, 5) is 12.1. The predicted octanol–water partition coefficient (Wildman–Crippen LogP) is 5.25. The lowest BCUT2D eigenvalue weighted by Crippen LogP contribution is -2.22. The third kappa shape index (κ3) is 4.95. The van der Waals surface area contributed by atoms with Crippen molar-refractivity contribution in [3.8, 4) is 0 Å². The summed E-state index contributed by atoms with van der Waals surface area (Å²) >= 11 is 13.5. The largest absolute Gasteiger partial charge is 0.324 e. The molecule has 2 rings (SSSR count). The van der Waals surface area contributed by atoms with Crippen LogP contribution in [0.15, 0.2) is 48.5 Å². The molecule has 110 valence electrons. The summed E-state index contributed by atoms with van der Waals surface area (Å²) in [6.45, 7) is 1.88. The molecule has 0 heterocycles. The Balaban J connectivity index is 1.90. The highest BCUT2D eigenvalue weighted by atomic mass is 35.5. The first kappa shape index (κ1) is 16.2. The van der Waals surface area contributed by atoms with E-state index >= 15 is 0 Å². The van der Waals surface area contributed by atoms with E-state index in [-0.39, 0.29) is 11.2 Å². The lowest BCUT2D eigenvalue weighted by atomic mass is 10.2. The molecule has 0 saturated carbocycles. The fraction of sp³-hybridized carbons (Fsp3) is 0.188. The maximum Gasteiger partial charge on any atom is 0.237 e. The van der Waals surface area contributed by atoms with E-state index in [2.05, 4.69) is 5.32 Å². The van der Waals surface area contributed by atoms with Gasteiger partial charge in [-0.2, -0.15) is 0 Å². The van der Waals surface area contributed by atoms with Gasteiger partial charge in [0.05, 0.1) is 16.0 Å². The molecule has 1 atom stereocenters. The Morgan fingerprint density at radius 2 is 1.90 bits per heavy atom. The Kier molecular flexibility index (Phi) is 5.97. The number of rotatable bonds is 5. The Morgan fingerprint density at radius 1 is 1.19 bits per heavy atom. The summed E-state index contributed by atoms with van der Waals surface area (Å²) in [5.41, 5.74) is 1.78. The zero-order valence-corrected chi connectivity index (χ0v) is 13.8. The molecule has 0 unspecified atom stereocenters. The molecular formula is C16H15Cl2NOS. The van der Waals surface area contributed by atoms with Gasteiger partial charge in [0.25, 0.3) is 0 Å². The van der Waals surface area contributed by atoms with Gasteiger partial charge in [0.2, 0.25) is 5.91 Å². The van der Waals surface area contributed by atoms with E-state index in [0.717, 1.165) is 5.75 Å². The van der Waals surface area contributed by atoms with E-state index in [1.807, 2.05) is 37.3 Å². The highest BCUT2D eigenvalue weighted by Gasteiger charge is 2.15. The van der Waals surface area contributed by atoms with Crippen molar-refractivity contribution in [1.29, 1.82) is 0 Å². The topological polar surface area (TPSA) is 29.1 Å². The molecule has 21 heavy (non-hydrogen) atoms. The highest BCUT2D eigenvalue weighted by Crippen LogP contribution is 2.26. The number of carbonyl (C=O) groups excluding carboxylic acids is 1. The second kappa shape index (κ2) is 7.74. The average molecular weight is 340 g/mol. The Bertz CT molecular complexity index is 619. The maximum atomic E-state index is 12.1. The summed E-state index contributed by atoms with van der Waals surface area (Å²) in [5.74, 6) is 0.726. The standard InChI is InChI=1S/C16H15Cl2NOS/c1-11(21-10-12-5-3-2-4-6-12)16(20)19-15-8-7-13(17)9-14(15)18/h2-9,11H,10H2,1H3,(H,19,20)/t11-/m0/s1. The Hall–Kier alpha value is -1.16. The summed E-state index contributed by atoms with van der Waals surface area (Å²) < 4.78 is 0. The molecule has 0 aromatic heterocycles. The fourth-order valence-corrected chi connectivity index (χ4v) is 3.00. The Morgan fingerprint density at radius 3 is 2.57 bits per heavy atom. The Labute approximate surface area is 138 Å². The van der Waals surface area contributed by atoms with Gasteiger partial charge in [0.1, 0.15) is 0 Å². The summed E-state index contributed by atoms with van der Waals surface area (Å²) in [6.07, 6.45) is 0. The molecule has 0 saturated heterocycles. The average Bonchev–Trinajstić information content (AvgIpc) is 2.48. The van der Waals surface area contributed by atoms with Crippen LogP contribution < -0.4 is 5.32 Å². The number of anilines is 1. The van der Waals surface area contributed by atoms with Crippen molar-refractivity contribution in [2.75, 3.05) is 5.32 Å². The molecule has 0 radical (unpaired) electrons. The molecule has 2 nitrogen and oxygen atoms in total. The summed E-state index contributed by atoms with van der Waals surface area (Å²) in [5, 5.41) is 3.64. The van der Waals surface area contributed by atoms with Gasteiger partial charge >= 0.3 is 0 Å². The van der Waals surface area contributed by atoms with Gasteiger partial charge in [-0.25, -0.2) is 0 Å². The van der Waals surface area contributed by atoms with Crippen LogP contribution in [0.5, 0.6) is 0 Å². The van der Waals surface area contributed by atoms with Crippen LogP contribution in [0.2, 0.25) is 10.0 Å². The molecule has 5 heteroatoms. The zero-order valence-electron chi connectivity index (χ0n) is 11.5. The molecule has 1 amide bonds. The predicted molar refractivity (Wildman–Crippen MR) is 92.3 cm³/mol. The van der Waals surface area contributed by atoms with Crippen molar-refractivity contribution in [2.24, 2.45) is 0 Å². The van der Waals surface area contributed by atoms with Gasteiger partial charge in [-0.3, -0.25) is 4.79 Å². The third-order valence-corrected chi connectivity index (χ3v) is 4.66. The molecule has 0 fully saturated rings. The van der Waals surface area contributed by atoms with Crippen LogP contribution in [0.25, 0.3) is 0 Å². The first-order valence-electron chi connectivity index (χ1n) is 6.47. The number of nitrogens with one attached hydrogen (secondary N) is 1. The van der Waals surface area contributed by atoms with Crippen LogP contribution in [-0.2, 0) is 10.5 Å². The van der Waals surface area contributed by atoms with Gasteiger partial charge in [-0.1, -0.05) is 53.5 Å². The summed E-state index contributed by atoms with van der Waals surface area (Å²) in [6, 6.07) is 15.1. The quantitative estimate of drug-likeness (QED) is 0.805. The fourth-order valence-electron chi connectivity index (χ4n) is 1.70. The van der Waals surface area contributed by atoms with Gasteiger partial charge in [0.15, 0.2) is 0 Å². The molecule has 0 spiro atoms. The van der Waals surface area contributed by atoms with Gasteiger partial charge in [-0.15, -0.1) is 11.8 Å². The van der Waals surface area contributed by atoms with Crippen LogP contribution >= 0.6 is 35.0 Å². The van der Waals surface area contributed by atoms with E-state index in [4.69, 9.17) is 23.2 Å². The van der Waals surface area contributed by atoms with Crippen molar-refractivity contribution in [3.63, 3.8) is 0 Å². The minimum Gasteiger partial charge on any atom is -0.324 e. The monoisotopic (exact) mass is 339 g/mol. The van der Waals surface area contributed by atoms with Crippen molar-refractivity contribution < 1.29 is 4.79 Å². The minimum absolute atomic E-state index is 0.0693. The number of amides is 1. The van der Waals surface area contributed by atoms with Crippen molar-refractivity contribution in [2.45, 2.75) is 17.9 Å². The van der Waals surface area contributed by atoms with Crippen LogP contribution in [0.3, 0.4) is 0 Å². The van der Waals surface area contributed by atoms with E-state index in [0.29, 0.717) is 15.7 Å². The zero-order chi connectivity index (χ0) is 15.2. The van der Waals surface area contributed by atoms with Crippen LogP contribution in [0.4, 0.5) is 5.69 Å². The van der Waals surface area contributed by atoms with Crippen molar-refractivity contribution >= 4 is 46.6 Å². The lowest BCUT2D eigenvalue weighted by molar-refractivity contribution is -0.115. The van der Waals surface area contributed by atoms with Crippen LogP contribution in [0.1, 0.15) is 12.5 Å². The first-order chi connectivity index (χ1) is 10.1. The number of hydrogen-bond donors (Lipinski definition) is 1. The van der Waals surface area contributed by atoms with Crippen molar-refractivity contribution in [1.82, 2.24) is 0 Å². The van der Waals surface area contributed by atoms with Crippen molar-refractivity contribution in [3.05, 3.63) is 64.1 Å². The number of benzene rings is 2. The van der Waals surface area contributed by atoms with Gasteiger partial charge in [0, 0.05) is 10.8 Å². The smallest absolute Gasteiger partial charge is 0.237 e. The molecule has 0 bridgehead atoms. The van der Waals surface area contributed by atoms with E-state index < -0.39 is 0 Å². The molecular weight excluding hydrogens is 325 g/mol. The minimum atomic E-state index is -0.169. The molecule has 0 aliphatic rings. The normalized spacial score (nSPS) is 12.0. The first-order valence-corrected chi connectivity index (χ1v) is 8.28. The summed E-state index contributed by atoms with van der Waals surface area (Å²) in [7, 11) is 0. The molecule has 0 aliphatic carbocycles. The maximum absolute atomic E-state index is 12.1. The third-order valence-electron chi connectivity index (χ3n) is 2.90. The SMILES string of the molecule is C[C@H](SCc1ccccc1)C(=O)Nc1ccc(Cl)cc1Cl. The van der Waals surface area contributed by atoms with E-state index in [1.54, 1.807) is 30.0 Å². The number of carbonyl (C=O) groups is 1. The number of thioether (sulfide) groups is 1. The second-order valence-corrected chi connectivity index (χ2v) is 6.73. The van der Waals surface area contributed by atoms with E-state index in [9.17, 15) is 4.79 Å². The lowest BCUT2D eigenvalue weighted by Gasteiger charge is -2.13. The second-order valence-electron chi connectivity index (χ2n) is 4.55. The van der Waals surface area contributed by atoms with Crippen LogP contribution in [0, 0.1) is 0 Å². The van der Waals surface area contributed by atoms with E-state index in [1.165, 1.54) is 5.56 Å². The molecule has 1 N–H and O–H groups in total. The number of hydrogen-bond acceptors (Lipinski definition) is 2. The number of halogens is 2. The molecule has 2 aromatic carbocycles.